The number of amides is 1. The van der Waals surface area contributed by atoms with Gasteiger partial charge in [0.15, 0.2) is 12.4 Å². The van der Waals surface area contributed by atoms with Crippen molar-refractivity contribution in [1.29, 1.82) is 0 Å². The van der Waals surface area contributed by atoms with Gasteiger partial charge in [0.1, 0.15) is 17.2 Å². The fourth-order valence-corrected chi connectivity index (χ4v) is 2.93. The molecule has 0 aliphatic carbocycles. The molecule has 0 atom stereocenters. The van der Waals surface area contributed by atoms with Gasteiger partial charge in [-0.3, -0.25) is 4.79 Å². The third kappa shape index (κ3) is 4.55. The lowest BCUT2D eigenvalue weighted by Crippen LogP contribution is -2.28. The predicted octanol–water partition coefficient (Wildman–Crippen LogP) is 4.20. The minimum atomic E-state index is -0.229. The van der Waals surface area contributed by atoms with Crippen LogP contribution in [0.4, 0.5) is 0 Å². The molecule has 0 unspecified atom stereocenters. The first-order chi connectivity index (χ1) is 14.2. The number of aromatic nitrogens is 1. The number of rotatable bonds is 7. The van der Waals surface area contributed by atoms with Crippen molar-refractivity contribution < 1.29 is 18.8 Å². The van der Waals surface area contributed by atoms with E-state index < -0.39 is 0 Å². The number of fused-ring (bicyclic) bond motifs is 1. The van der Waals surface area contributed by atoms with Gasteiger partial charge in [-0.2, -0.15) is 0 Å². The van der Waals surface area contributed by atoms with E-state index in [1.807, 2.05) is 66.7 Å². The van der Waals surface area contributed by atoms with Crippen molar-refractivity contribution in [3.8, 4) is 22.8 Å². The highest BCUT2D eigenvalue weighted by atomic mass is 16.5. The topological polar surface area (TPSA) is 73.6 Å². The summed E-state index contributed by atoms with van der Waals surface area (Å²) in [6.45, 7) is 0.196. The maximum Gasteiger partial charge on any atom is 0.258 e. The van der Waals surface area contributed by atoms with Crippen LogP contribution in [0, 0.1) is 0 Å². The van der Waals surface area contributed by atoms with Gasteiger partial charge in [-0.25, -0.2) is 0 Å². The summed E-state index contributed by atoms with van der Waals surface area (Å²) in [7, 11) is 1.62. The Morgan fingerprint density at radius 1 is 0.966 bits per heavy atom. The van der Waals surface area contributed by atoms with Crippen LogP contribution in [0.15, 0.2) is 77.3 Å². The average molecular weight is 388 g/mol. The molecule has 29 heavy (non-hydrogen) atoms. The second-order valence-corrected chi connectivity index (χ2v) is 6.49. The molecule has 4 rings (SSSR count). The van der Waals surface area contributed by atoms with E-state index in [2.05, 4.69) is 10.5 Å². The number of hydrogen-bond acceptors (Lipinski definition) is 5. The smallest absolute Gasteiger partial charge is 0.258 e. The summed E-state index contributed by atoms with van der Waals surface area (Å²) in [5, 5.41) is 8.98. The van der Waals surface area contributed by atoms with Gasteiger partial charge < -0.3 is 19.3 Å². The summed E-state index contributed by atoms with van der Waals surface area (Å²) < 4.78 is 16.1. The molecule has 0 fully saturated rings. The molecule has 0 bridgehead atoms. The molecule has 0 aliphatic rings. The van der Waals surface area contributed by atoms with Crippen molar-refractivity contribution >= 4 is 16.7 Å². The summed E-state index contributed by atoms with van der Waals surface area (Å²) in [5.41, 5.74) is 1.52. The standard InChI is InChI=1S/C23H20N2O4/c1-27-20-9-7-17(8-10-20)22-13-19(25-29-22)14-24-23(26)15-28-21-11-6-16-4-2-3-5-18(16)12-21/h2-13H,14-15H2,1H3,(H,24,26). The Balaban J connectivity index is 1.29. The first-order valence-corrected chi connectivity index (χ1v) is 9.19. The van der Waals surface area contributed by atoms with Crippen LogP contribution in [0.3, 0.4) is 0 Å². The number of carbonyl (C=O) groups excluding carboxylic acids is 1. The second-order valence-electron chi connectivity index (χ2n) is 6.49. The van der Waals surface area contributed by atoms with Crippen LogP contribution in [0.1, 0.15) is 5.69 Å². The van der Waals surface area contributed by atoms with Crippen LogP contribution in [-0.2, 0) is 11.3 Å². The van der Waals surface area contributed by atoms with Crippen molar-refractivity contribution in [2.75, 3.05) is 13.7 Å². The Labute approximate surface area is 168 Å². The molecule has 3 aromatic carbocycles. The Morgan fingerprint density at radius 2 is 1.72 bits per heavy atom. The molecule has 0 spiro atoms. The molecule has 6 nitrogen and oxygen atoms in total. The molecular weight excluding hydrogens is 368 g/mol. The fraction of sp³-hybridized carbons (Fsp3) is 0.130. The SMILES string of the molecule is COc1ccc(-c2cc(CNC(=O)COc3ccc4ccccc4c3)no2)cc1. The molecular formula is C23H20N2O4. The number of methoxy groups -OCH3 is 1. The van der Waals surface area contributed by atoms with Gasteiger partial charge in [-0.15, -0.1) is 0 Å². The van der Waals surface area contributed by atoms with Crippen LogP contribution < -0.4 is 14.8 Å². The van der Waals surface area contributed by atoms with Gasteiger partial charge in [0.2, 0.25) is 0 Å². The van der Waals surface area contributed by atoms with Gasteiger partial charge in [-0.05, 0) is 47.2 Å². The summed E-state index contributed by atoms with van der Waals surface area (Å²) in [5.74, 6) is 1.82. The highest BCUT2D eigenvalue weighted by Crippen LogP contribution is 2.23. The normalized spacial score (nSPS) is 10.7. The highest BCUT2D eigenvalue weighted by Gasteiger charge is 2.09. The summed E-state index contributed by atoms with van der Waals surface area (Å²) in [4.78, 5) is 12.1. The molecule has 4 aromatic rings. The third-order valence-electron chi connectivity index (χ3n) is 4.49. The zero-order valence-corrected chi connectivity index (χ0v) is 15.9. The lowest BCUT2D eigenvalue weighted by Gasteiger charge is -2.07. The molecule has 0 saturated heterocycles. The second kappa shape index (κ2) is 8.48. The van der Waals surface area contributed by atoms with Crippen LogP contribution in [-0.4, -0.2) is 24.8 Å². The Kier molecular flexibility index (Phi) is 5.42. The van der Waals surface area contributed by atoms with E-state index in [1.165, 1.54) is 0 Å². The average Bonchev–Trinajstić information content (AvgIpc) is 3.25. The van der Waals surface area contributed by atoms with Crippen LogP contribution in [0.2, 0.25) is 0 Å². The van der Waals surface area contributed by atoms with Crippen molar-refractivity contribution in [2.24, 2.45) is 0 Å². The minimum Gasteiger partial charge on any atom is -0.497 e. The van der Waals surface area contributed by atoms with Crippen LogP contribution >= 0.6 is 0 Å². The number of ether oxygens (including phenoxy) is 2. The highest BCUT2D eigenvalue weighted by molar-refractivity contribution is 5.84. The minimum absolute atomic E-state index is 0.0679. The molecule has 1 N–H and O–H groups in total. The summed E-state index contributed by atoms with van der Waals surface area (Å²) >= 11 is 0. The number of hydrogen-bond donors (Lipinski definition) is 1. The summed E-state index contributed by atoms with van der Waals surface area (Å²) in [6, 6.07) is 23.0. The molecule has 0 radical (unpaired) electrons. The predicted molar refractivity (Wildman–Crippen MR) is 110 cm³/mol. The monoisotopic (exact) mass is 388 g/mol. The van der Waals surface area contributed by atoms with E-state index in [0.29, 0.717) is 17.2 Å². The lowest BCUT2D eigenvalue weighted by molar-refractivity contribution is -0.123. The van der Waals surface area contributed by atoms with E-state index in [0.717, 1.165) is 22.1 Å². The van der Waals surface area contributed by atoms with Gasteiger partial charge in [0.05, 0.1) is 13.7 Å². The van der Waals surface area contributed by atoms with Crippen LogP contribution in [0.25, 0.3) is 22.1 Å². The quantitative estimate of drug-likeness (QED) is 0.514. The van der Waals surface area contributed by atoms with Crippen LogP contribution in [0.5, 0.6) is 11.5 Å². The molecule has 0 saturated carbocycles. The molecule has 1 aromatic heterocycles. The van der Waals surface area contributed by atoms with Crippen molar-refractivity contribution in [2.45, 2.75) is 6.54 Å². The maximum atomic E-state index is 12.1. The van der Waals surface area contributed by atoms with Crippen molar-refractivity contribution in [1.82, 2.24) is 10.5 Å². The number of nitrogens with zero attached hydrogens (tertiary/aromatic N) is 1. The Bertz CT molecular complexity index is 1120. The van der Waals surface area contributed by atoms with Gasteiger partial charge >= 0.3 is 0 Å². The lowest BCUT2D eigenvalue weighted by atomic mass is 10.1. The molecule has 0 aliphatic heterocycles. The molecule has 1 heterocycles. The zero-order valence-electron chi connectivity index (χ0n) is 15.9. The van der Waals surface area contributed by atoms with Crippen molar-refractivity contribution in [3.05, 3.63) is 78.5 Å². The van der Waals surface area contributed by atoms with E-state index >= 15 is 0 Å². The van der Waals surface area contributed by atoms with E-state index in [-0.39, 0.29) is 19.1 Å². The molecule has 1 amide bonds. The van der Waals surface area contributed by atoms with E-state index in [1.54, 1.807) is 13.2 Å². The first-order valence-electron chi connectivity index (χ1n) is 9.19. The number of carbonyl (C=O) groups is 1. The number of nitrogens with one attached hydrogen (secondary N) is 1. The van der Waals surface area contributed by atoms with E-state index in [4.69, 9.17) is 14.0 Å². The fourth-order valence-electron chi connectivity index (χ4n) is 2.93. The van der Waals surface area contributed by atoms with Crippen molar-refractivity contribution in [3.63, 3.8) is 0 Å². The Hall–Kier alpha value is -3.80. The third-order valence-corrected chi connectivity index (χ3v) is 4.49. The molecule has 146 valence electrons. The first kappa shape index (κ1) is 18.6. The zero-order chi connectivity index (χ0) is 20.1. The maximum absolute atomic E-state index is 12.1. The van der Waals surface area contributed by atoms with E-state index in [9.17, 15) is 4.79 Å². The molecule has 6 heteroatoms. The largest absolute Gasteiger partial charge is 0.497 e. The Morgan fingerprint density at radius 3 is 2.52 bits per heavy atom. The van der Waals surface area contributed by atoms with Gasteiger partial charge in [0.25, 0.3) is 5.91 Å². The number of benzene rings is 3. The van der Waals surface area contributed by atoms with Gasteiger partial charge in [0, 0.05) is 11.6 Å². The van der Waals surface area contributed by atoms with Gasteiger partial charge in [-0.1, -0.05) is 35.5 Å². The summed E-state index contributed by atoms with van der Waals surface area (Å²) in [6.07, 6.45) is 0.